The second-order valence-corrected chi connectivity index (χ2v) is 17.3. The smallest absolute Gasteiger partial charge is 0.228 e. The first kappa shape index (κ1) is 48.2. The molecule has 2 amide bonds. The summed E-state index contributed by atoms with van der Waals surface area (Å²) in [6.07, 6.45) is 1.63. The molecule has 334 valence electrons. The zero-order valence-electron chi connectivity index (χ0n) is 35.5. The number of likely N-dealkylation sites (tertiary alicyclic amines) is 2. The minimum absolute atomic E-state index is 0.0658. The molecular weight excluding hydrogens is 801 g/mol. The topological polar surface area (TPSA) is 122 Å². The van der Waals surface area contributed by atoms with E-state index in [2.05, 4.69) is 6.58 Å². The largest absolute Gasteiger partial charge is 0.394 e. The molecule has 0 radical (unpaired) electrons. The monoisotopic (exact) mass is 860 g/mol. The molecule has 0 aliphatic carbocycles. The lowest BCUT2D eigenvalue weighted by molar-refractivity contribution is -0.149. The van der Waals surface area contributed by atoms with Gasteiger partial charge in [-0.25, -0.2) is 17.6 Å². The molecule has 0 bridgehead atoms. The average molecular weight is 861 g/mol. The minimum atomic E-state index is -1.01. The number of amides is 2. The van der Waals surface area contributed by atoms with Crippen molar-refractivity contribution < 1.29 is 47.6 Å². The van der Waals surface area contributed by atoms with Crippen LogP contribution in [0.25, 0.3) is 0 Å². The third-order valence-corrected chi connectivity index (χ3v) is 12.1. The van der Waals surface area contributed by atoms with E-state index in [-0.39, 0.29) is 42.6 Å². The highest BCUT2D eigenvalue weighted by atomic mass is 19.1. The average Bonchev–Trinajstić information content (AvgIpc) is 3.22. The number of hydrogen-bond acceptors (Lipinski definition) is 6. The van der Waals surface area contributed by atoms with Crippen molar-refractivity contribution in [2.45, 2.75) is 83.8 Å². The van der Waals surface area contributed by atoms with E-state index in [1.165, 1.54) is 24.3 Å². The highest BCUT2D eigenvalue weighted by Gasteiger charge is 2.41. The maximum absolute atomic E-state index is 13.6. The fraction of sp³-hybridized carbons (Fsp3) is 0.440. The van der Waals surface area contributed by atoms with Crippen molar-refractivity contribution >= 4 is 11.8 Å². The van der Waals surface area contributed by atoms with E-state index in [0.717, 1.165) is 29.7 Å². The number of hydrogen-bond donors (Lipinski definition) is 4. The third-order valence-electron chi connectivity index (χ3n) is 12.1. The van der Waals surface area contributed by atoms with Gasteiger partial charge in [-0.3, -0.25) is 9.59 Å². The summed E-state index contributed by atoms with van der Waals surface area (Å²) < 4.78 is 54.1. The zero-order valence-corrected chi connectivity index (χ0v) is 35.5. The lowest BCUT2D eigenvalue weighted by Gasteiger charge is -2.41. The van der Waals surface area contributed by atoms with E-state index >= 15 is 0 Å². The van der Waals surface area contributed by atoms with E-state index in [0.29, 0.717) is 63.0 Å². The number of benzene rings is 4. The van der Waals surface area contributed by atoms with Crippen molar-refractivity contribution in [3.05, 3.63) is 155 Å². The molecule has 8 nitrogen and oxygen atoms in total. The van der Waals surface area contributed by atoms with Gasteiger partial charge in [-0.1, -0.05) is 80.6 Å². The molecule has 0 spiro atoms. The Hall–Kier alpha value is -4.88. The molecule has 0 aromatic heterocycles. The number of carbonyl (C=O) groups is 2. The Bertz CT molecular complexity index is 2020. The number of nitrogens with zero attached hydrogens (tertiary/aromatic N) is 2. The third kappa shape index (κ3) is 13.8. The molecule has 2 fully saturated rings. The number of aliphatic hydroxyl groups excluding tert-OH is 4. The van der Waals surface area contributed by atoms with Gasteiger partial charge in [-0.05, 0) is 109 Å². The second kappa shape index (κ2) is 23.0. The van der Waals surface area contributed by atoms with Gasteiger partial charge in [-0.15, -0.1) is 6.58 Å². The van der Waals surface area contributed by atoms with Crippen LogP contribution in [-0.2, 0) is 35.5 Å². The van der Waals surface area contributed by atoms with Gasteiger partial charge >= 0.3 is 0 Å². The molecule has 2 saturated heterocycles. The summed E-state index contributed by atoms with van der Waals surface area (Å²) in [4.78, 5) is 30.0. The first-order valence-electron chi connectivity index (χ1n) is 21.4. The van der Waals surface area contributed by atoms with Crippen molar-refractivity contribution in [2.75, 3.05) is 19.7 Å². The quantitative estimate of drug-likeness (QED) is 0.0640. The van der Waals surface area contributed by atoms with Crippen LogP contribution in [0.3, 0.4) is 0 Å². The van der Waals surface area contributed by atoms with Gasteiger partial charge in [0.2, 0.25) is 11.8 Å². The van der Waals surface area contributed by atoms with Crippen LogP contribution in [0.2, 0.25) is 0 Å². The predicted molar refractivity (Wildman–Crippen MR) is 230 cm³/mol. The first-order valence-corrected chi connectivity index (χ1v) is 21.4. The SMILES string of the molecule is C=CC[C@@H]1CC([C@@H](O)[C@@H](C)Cc2cc(F)cc(F)c2)C(=O)N(Cc2ccccc2)C1.C[C@@H](Cc1cc(F)cc(F)c1)[C@H](O)C1C[C@@H](CC(O)CO)CN(Cc2ccccc2)C1=O. The Morgan fingerprint density at radius 1 is 0.629 bits per heavy atom. The number of allylic oxidation sites excluding steroid dienone is 1. The highest BCUT2D eigenvalue weighted by molar-refractivity contribution is 5.81. The van der Waals surface area contributed by atoms with Crippen LogP contribution in [0, 0.1) is 58.8 Å². The fourth-order valence-electron chi connectivity index (χ4n) is 9.08. The number of piperidine rings is 2. The zero-order chi connectivity index (χ0) is 44.9. The molecule has 9 atom stereocenters. The second-order valence-electron chi connectivity index (χ2n) is 17.3. The Morgan fingerprint density at radius 3 is 1.40 bits per heavy atom. The normalized spacial score (nSPS) is 21.6. The summed E-state index contributed by atoms with van der Waals surface area (Å²) in [7, 11) is 0. The predicted octanol–water partition coefficient (Wildman–Crippen LogP) is 7.66. The van der Waals surface area contributed by atoms with E-state index in [9.17, 15) is 47.6 Å². The van der Waals surface area contributed by atoms with Crippen molar-refractivity contribution in [3.8, 4) is 0 Å². The van der Waals surface area contributed by atoms with Crippen LogP contribution in [0.15, 0.2) is 110 Å². The maximum Gasteiger partial charge on any atom is 0.228 e. The van der Waals surface area contributed by atoms with Gasteiger partial charge in [0.1, 0.15) is 23.3 Å². The van der Waals surface area contributed by atoms with Gasteiger partial charge in [0, 0.05) is 38.3 Å². The van der Waals surface area contributed by atoms with Gasteiger partial charge in [-0.2, -0.15) is 0 Å². The van der Waals surface area contributed by atoms with Crippen molar-refractivity contribution in [3.63, 3.8) is 0 Å². The van der Waals surface area contributed by atoms with Crippen LogP contribution in [0.4, 0.5) is 17.6 Å². The summed E-state index contributed by atoms with van der Waals surface area (Å²) >= 11 is 0. The standard InChI is InChI=1S/C25H31F2NO4.C25H29F2NO2/c1-16(7-18-8-20(26)12-21(27)9-18)24(31)23-11-19(10-22(30)15-29)14-28(25(23)32)13-17-5-3-2-4-6-17;1-3-7-19-13-23(25(30)28(16-19)15-18-8-5-4-6-9-18)24(29)17(2)10-20-11-21(26)14-22(27)12-20/h2-6,8-9,12,16,19,22-24,29-31H,7,10-11,13-15H2,1H3;3-6,8-9,11-12,14,17,19,23-24,29H,1,7,10,13,15-16H2,2H3/t16-,19+,22?,23?,24-;17-,19+,23?,24-/m00/s1. The minimum Gasteiger partial charge on any atom is -0.394 e. The number of aliphatic hydroxyl groups is 4. The van der Waals surface area contributed by atoms with Crippen molar-refractivity contribution in [2.24, 2.45) is 35.5 Å². The summed E-state index contributed by atoms with van der Waals surface area (Å²) in [6.45, 7) is 8.98. The van der Waals surface area contributed by atoms with Crippen LogP contribution in [-0.4, -0.2) is 80.0 Å². The van der Waals surface area contributed by atoms with E-state index in [1.807, 2.05) is 78.6 Å². The van der Waals surface area contributed by atoms with Gasteiger partial charge in [0.25, 0.3) is 0 Å². The molecule has 6 rings (SSSR count). The van der Waals surface area contributed by atoms with Crippen molar-refractivity contribution in [1.29, 1.82) is 0 Å². The Labute approximate surface area is 362 Å². The van der Waals surface area contributed by atoms with Crippen molar-refractivity contribution in [1.82, 2.24) is 9.80 Å². The van der Waals surface area contributed by atoms with E-state index in [1.54, 1.807) is 11.8 Å². The summed E-state index contributed by atoms with van der Waals surface area (Å²) in [5, 5.41) is 41.3. The summed E-state index contributed by atoms with van der Waals surface area (Å²) in [5.74, 6) is -4.70. The number of halogens is 4. The molecule has 0 saturated carbocycles. The molecule has 2 heterocycles. The number of rotatable bonds is 17. The van der Waals surface area contributed by atoms with Crippen LogP contribution < -0.4 is 0 Å². The van der Waals surface area contributed by atoms with Crippen LogP contribution in [0.5, 0.6) is 0 Å². The van der Waals surface area contributed by atoms with E-state index < -0.39 is 59.3 Å². The highest BCUT2D eigenvalue weighted by Crippen LogP contribution is 2.34. The Morgan fingerprint density at radius 2 is 1.02 bits per heavy atom. The maximum atomic E-state index is 13.6. The lowest BCUT2D eigenvalue weighted by Crippen LogP contribution is -2.50. The molecule has 4 aromatic rings. The Balaban J connectivity index is 0.000000235. The summed E-state index contributed by atoms with van der Waals surface area (Å²) in [6, 6.07) is 26.0. The molecular formula is C50H60F4N2O6. The van der Waals surface area contributed by atoms with Gasteiger partial charge in [0.05, 0.1) is 36.8 Å². The molecule has 2 aliphatic heterocycles. The Kier molecular flexibility index (Phi) is 17.9. The van der Waals surface area contributed by atoms with Crippen LogP contribution >= 0.6 is 0 Å². The van der Waals surface area contributed by atoms with Gasteiger partial charge in [0.15, 0.2) is 0 Å². The number of carbonyl (C=O) groups excluding carboxylic acids is 2. The van der Waals surface area contributed by atoms with E-state index in [4.69, 9.17) is 0 Å². The molecule has 2 aliphatic rings. The van der Waals surface area contributed by atoms with Gasteiger partial charge < -0.3 is 30.2 Å². The lowest BCUT2D eigenvalue weighted by atomic mass is 9.77. The fourth-order valence-corrected chi connectivity index (χ4v) is 9.08. The molecule has 12 heteroatoms. The molecule has 3 unspecified atom stereocenters. The summed E-state index contributed by atoms with van der Waals surface area (Å²) in [5.41, 5.74) is 2.90. The molecule has 4 N–H and O–H groups in total. The molecule has 4 aromatic carbocycles. The van der Waals surface area contributed by atoms with Crippen LogP contribution in [0.1, 0.15) is 61.8 Å². The molecule has 62 heavy (non-hydrogen) atoms. The first-order chi connectivity index (χ1) is 29.6.